The van der Waals surface area contributed by atoms with Crippen LogP contribution in [0.1, 0.15) is 32.3 Å². The summed E-state index contributed by atoms with van der Waals surface area (Å²) in [7, 11) is 3.39. The Hall–Kier alpha value is -2.44. The van der Waals surface area contributed by atoms with E-state index in [-0.39, 0.29) is 36.1 Å². The molecule has 0 saturated carbocycles. The molecule has 2 saturated heterocycles. The zero-order valence-corrected chi connectivity index (χ0v) is 17.2. The lowest BCUT2D eigenvalue weighted by atomic mass is 9.89. The number of rotatable bonds is 3. The highest BCUT2D eigenvalue weighted by Gasteiger charge is 2.47. The van der Waals surface area contributed by atoms with Crippen LogP contribution in [0.15, 0.2) is 48.5 Å². The van der Waals surface area contributed by atoms with E-state index in [1.54, 1.807) is 36.4 Å². The molecule has 2 fully saturated rings. The van der Waals surface area contributed by atoms with Gasteiger partial charge in [-0.05, 0) is 54.9 Å². The fraction of sp³-hybridized carbons (Fsp3) is 0.364. The van der Waals surface area contributed by atoms with Crippen molar-refractivity contribution in [2.24, 2.45) is 11.8 Å². The van der Waals surface area contributed by atoms with Crippen molar-refractivity contribution in [2.75, 3.05) is 33.8 Å². The molecule has 0 spiro atoms. The van der Waals surface area contributed by atoms with Gasteiger partial charge in [0, 0.05) is 37.2 Å². The number of nitrogens with zero attached hydrogens (tertiary/aromatic N) is 2. The SMILES string of the molecule is COC(=O)c1ccc(C(=O)N2C[C@@H]3CN(C)[C@@H](c4cccc(F)c4)[C@@H]3C2)cc1.Cl. The number of hydrogen-bond acceptors (Lipinski definition) is 4. The molecule has 0 bridgehead atoms. The molecule has 3 atom stereocenters. The van der Waals surface area contributed by atoms with Crippen molar-refractivity contribution in [3.63, 3.8) is 0 Å². The van der Waals surface area contributed by atoms with E-state index in [2.05, 4.69) is 11.9 Å². The maximum absolute atomic E-state index is 13.7. The van der Waals surface area contributed by atoms with Gasteiger partial charge in [0.2, 0.25) is 0 Å². The summed E-state index contributed by atoms with van der Waals surface area (Å²) in [5, 5.41) is 0. The predicted molar refractivity (Wildman–Crippen MR) is 110 cm³/mol. The second kappa shape index (κ2) is 8.51. The van der Waals surface area contributed by atoms with Crippen LogP contribution in [0.2, 0.25) is 0 Å². The number of hydrogen-bond donors (Lipinski definition) is 0. The van der Waals surface area contributed by atoms with Crippen molar-refractivity contribution >= 4 is 24.3 Å². The highest BCUT2D eigenvalue weighted by atomic mass is 35.5. The molecule has 7 heteroatoms. The largest absolute Gasteiger partial charge is 0.465 e. The zero-order valence-electron chi connectivity index (χ0n) is 16.4. The van der Waals surface area contributed by atoms with Gasteiger partial charge >= 0.3 is 5.97 Å². The van der Waals surface area contributed by atoms with Crippen molar-refractivity contribution in [1.82, 2.24) is 9.80 Å². The number of ether oxygens (including phenoxy) is 1. The maximum Gasteiger partial charge on any atom is 0.337 e. The number of amides is 1. The quantitative estimate of drug-likeness (QED) is 0.717. The average molecular weight is 419 g/mol. The number of methoxy groups -OCH3 is 1. The summed E-state index contributed by atoms with van der Waals surface area (Å²) < 4.78 is 18.4. The summed E-state index contributed by atoms with van der Waals surface area (Å²) in [6, 6.07) is 13.4. The Morgan fingerprint density at radius 1 is 1.03 bits per heavy atom. The third-order valence-electron chi connectivity index (χ3n) is 5.92. The molecule has 29 heavy (non-hydrogen) atoms. The van der Waals surface area contributed by atoms with Crippen molar-refractivity contribution in [2.45, 2.75) is 6.04 Å². The van der Waals surface area contributed by atoms with Crippen LogP contribution < -0.4 is 0 Å². The van der Waals surface area contributed by atoms with Gasteiger partial charge in [-0.1, -0.05) is 12.1 Å². The first-order valence-corrected chi connectivity index (χ1v) is 9.41. The number of esters is 1. The molecular weight excluding hydrogens is 395 g/mol. The Balaban J connectivity index is 0.00000240. The highest BCUT2D eigenvalue weighted by molar-refractivity contribution is 5.96. The fourth-order valence-corrected chi connectivity index (χ4v) is 4.67. The van der Waals surface area contributed by atoms with Gasteiger partial charge in [-0.2, -0.15) is 0 Å². The summed E-state index contributed by atoms with van der Waals surface area (Å²) in [6.07, 6.45) is 0. The van der Waals surface area contributed by atoms with Crippen LogP contribution in [0.25, 0.3) is 0 Å². The second-order valence-corrected chi connectivity index (χ2v) is 7.64. The van der Waals surface area contributed by atoms with E-state index < -0.39 is 5.97 Å². The zero-order chi connectivity index (χ0) is 19.8. The molecule has 2 aromatic rings. The number of halogens is 2. The topological polar surface area (TPSA) is 49.9 Å². The number of carbonyl (C=O) groups excluding carboxylic acids is 2. The minimum Gasteiger partial charge on any atom is -0.465 e. The second-order valence-electron chi connectivity index (χ2n) is 7.64. The van der Waals surface area contributed by atoms with Gasteiger partial charge in [-0.15, -0.1) is 12.4 Å². The molecule has 0 N–H and O–H groups in total. The number of likely N-dealkylation sites (tertiary alicyclic amines) is 2. The summed E-state index contributed by atoms with van der Waals surface area (Å²) in [5.41, 5.74) is 1.94. The summed E-state index contributed by atoms with van der Waals surface area (Å²) >= 11 is 0. The monoisotopic (exact) mass is 418 g/mol. The molecule has 0 unspecified atom stereocenters. The van der Waals surface area contributed by atoms with Crippen LogP contribution >= 0.6 is 12.4 Å². The Labute approximate surface area is 175 Å². The molecule has 2 aliphatic heterocycles. The normalized spacial score (nSPS) is 23.4. The fourth-order valence-electron chi connectivity index (χ4n) is 4.67. The average Bonchev–Trinajstić information content (AvgIpc) is 3.23. The van der Waals surface area contributed by atoms with Crippen LogP contribution in [-0.4, -0.2) is 55.5 Å². The third kappa shape index (κ3) is 4.00. The van der Waals surface area contributed by atoms with Gasteiger partial charge in [0.1, 0.15) is 5.82 Å². The Kier molecular flexibility index (Phi) is 6.24. The van der Waals surface area contributed by atoms with E-state index in [1.807, 2.05) is 11.0 Å². The predicted octanol–water partition coefficient (Wildman–Crippen LogP) is 3.41. The van der Waals surface area contributed by atoms with Crippen molar-refractivity contribution in [3.8, 4) is 0 Å². The first-order chi connectivity index (χ1) is 13.5. The third-order valence-corrected chi connectivity index (χ3v) is 5.92. The minimum absolute atomic E-state index is 0. The summed E-state index contributed by atoms with van der Waals surface area (Å²) in [4.78, 5) is 28.6. The number of carbonyl (C=O) groups is 2. The molecule has 4 rings (SSSR count). The standard InChI is InChI=1S/C22H23FN2O3.ClH/c1-24-11-17-12-25(13-19(17)20(24)16-4-3-5-18(23)10-16)21(26)14-6-8-15(9-7-14)22(27)28-2;/h3-10,17,19-20H,11-13H2,1-2H3;1H/t17-,19+,20-;/m0./s1. The smallest absolute Gasteiger partial charge is 0.337 e. The molecule has 2 heterocycles. The minimum atomic E-state index is -0.421. The maximum atomic E-state index is 13.7. The highest BCUT2D eigenvalue weighted by Crippen LogP contribution is 2.44. The lowest BCUT2D eigenvalue weighted by molar-refractivity contribution is 0.0600. The van der Waals surface area contributed by atoms with Crippen LogP contribution in [0.3, 0.4) is 0 Å². The van der Waals surface area contributed by atoms with Crippen LogP contribution in [0.5, 0.6) is 0 Å². The van der Waals surface area contributed by atoms with E-state index in [1.165, 1.54) is 13.2 Å². The van der Waals surface area contributed by atoms with Gasteiger partial charge in [-0.3, -0.25) is 9.69 Å². The van der Waals surface area contributed by atoms with E-state index >= 15 is 0 Å². The molecule has 1 amide bonds. The van der Waals surface area contributed by atoms with Crippen molar-refractivity contribution < 1.29 is 18.7 Å². The Morgan fingerprint density at radius 3 is 2.38 bits per heavy atom. The van der Waals surface area contributed by atoms with Gasteiger partial charge in [0.25, 0.3) is 5.91 Å². The Morgan fingerprint density at radius 2 is 1.72 bits per heavy atom. The summed E-state index contributed by atoms with van der Waals surface area (Å²) in [6.45, 7) is 2.23. The summed E-state index contributed by atoms with van der Waals surface area (Å²) in [5.74, 6) is -0.0326. The lowest BCUT2D eigenvalue weighted by Crippen LogP contribution is -2.33. The first kappa shape index (κ1) is 21.3. The van der Waals surface area contributed by atoms with Crippen LogP contribution in [0, 0.1) is 17.7 Å². The number of benzene rings is 2. The molecular formula is C22H24ClFN2O3. The molecule has 154 valence electrons. The van der Waals surface area contributed by atoms with Gasteiger partial charge < -0.3 is 9.64 Å². The molecule has 2 aliphatic rings. The van der Waals surface area contributed by atoms with Crippen LogP contribution in [0.4, 0.5) is 4.39 Å². The molecule has 0 radical (unpaired) electrons. The van der Waals surface area contributed by atoms with Crippen molar-refractivity contribution in [3.05, 3.63) is 71.0 Å². The van der Waals surface area contributed by atoms with E-state index in [9.17, 15) is 14.0 Å². The van der Waals surface area contributed by atoms with Gasteiger partial charge in [0.15, 0.2) is 0 Å². The van der Waals surface area contributed by atoms with Gasteiger partial charge in [0.05, 0.1) is 12.7 Å². The lowest BCUT2D eigenvalue weighted by Gasteiger charge is -2.27. The first-order valence-electron chi connectivity index (χ1n) is 9.41. The number of fused-ring (bicyclic) bond motifs is 1. The van der Waals surface area contributed by atoms with E-state index in [0.717, 1.165) is 12.1 Å². The molecule has 5 nitrogen and oxygen atoms in total. The molecule has 2 aromatic carbocycles. The Bertz CT molecular complexity index is 905. The van der Waals surface area contributed by atoms with E-state index in [4.69, 9.17) is 4.74 Å². The van der Waals surface area contributed by atoms with E-state index in [0.29, 0.717) is 30.1 Å². The molecule has 0 aromatic heterocycles. The van der Waals surface area contributed by atoms with Gasteiger partial charge in [-0.25, -0.2) is 9.18 Å². The van der Waals surface area contributed by atoms with Crippen molar-refractivity contribution in [1.29, 1.82) is 0 Å². The molecule has 0 aliphatic carbocycles. The van der Waals surface area contributed by atoms with Crippen LogP contribution in [-0.2, 0) is 4.74 Å².